The molecule has 0 saturated heterocycles. The second kappa shape index (κ2) is 3.76. The molecule has 0 aliphatic carbocycles. The maximum atomic E-state index is 10.8. The summed E-state index contributed by atoms with van der Waals surface area (Å²) in [4.78, 5) is 0.164. The van der Waals surface area contributed by atoms with Crippen molar-refractivity contribution in [2.45, 2.75) is 11.8 Å². The highest BCUT2D eigenvalue weighted by molar-refractivity contribution is 7.79. The molecule has 5 heteroatoms. The quantitative estimate of drug-likeness (QED) is 0.709. The number of hydrogen-bond acceptors (Lipinski definition) is 3. The van der Waals surface area contributed by atoms with Crippen molar-refractivity contribution in [3.63, 3.8) is 0 Å². The summed E-state index contributed by atoms with van der Waals surface area (Å²) in [6.45, 7) is 1.57. The molecule has 0 radical (unpaired) electrons. The van der Waals surface area contributed by atoms with Crippen LogP contribution in [0.3, 0.4) is 0 Å². The van der Waals surface area contributed by atoms with E-state index < -0.39 is 11.1 Å². The molecule has 0 aliphatic rings. The minimum absolute atomic E-state index is 0.0447. The van der Waals surface area contributed by atoms with Crippen molar-refractivity contribution in [2.75, 3.05) is 7.11 Å². The number of aromatic hydroxyl groups is 1. The molecule has 1 aromatic rings. The Hall–Kier alpha value is -1.07. The molecule has 0 bridgehead atoms. The predicted molar refractivity (Wildman–Crippen MR) is 48.4 cm³/mol. The van der Waals surface area contributed by atoms with Gasteiger partial charge in [0.15, 0.2) is 11.1 Å². The smallest absolute Gasteiger partial charge is 0.187 e. The molecule has 1 rings (SSSR count). The fourth-order valence-electron chi connectivity index (χ4n) is 0.948. The van der Waals surface area contributed by atoms with Crippen LogP contribution in [0.5, 0.6) is 11.5 Å². The first-order chi connectivity index (χ1) is 6.06. The largest absolute Gasteiger partial charge is 0.507 e. The molecule has 0 fully saturated rings. The van der Waals surface area contributed by atoms with Crippen molar-refractivity contribution in [3.8, 4) is 11.5 Å². The Kier molecular flexibility index (Phi) is 2.90. The first kappa shape index (κ1) is 10.0. The summed E-state index contributed by atoms with van der Waals surface area (Å²) in [5, 5.41) is 9.34. The molecule has 1 atom stereocenters. The normalized spacial score (nSPS) is 12.5. The molecule has 0 spiro atoms. The van der Waals surface area contributed by atoms with E-state index in [0.29, 0.717) is 11.3 Å². The van der Waals surface area contributed by atoms with E-state index in [-0.39, 0.29) is 10.6 Å². The van der Waals surface area contributed by atoms with Crippen LogP contribution in [0, 0.1) is 6.92 Å². The van der Waals surface area contributed by atoms with Crippen molar-refractivity contribution >= 4 is 11.1 Å². The van der Waals surface area contributed by atoms with Crippen LogP contribution in [-0.4, -0.2) is 21.0 Å². The van der Waals surface area contributed by atoms with Crippen LogP contribution in [0.1, 0.15) is 5.56 Å². The SMILES string of the molecule is COc1cc(O)c(C)c(S(=O)O)c1. The number of phenolic OH excluding ortho intramolecular Hbond substituents is 1. The summed E-state index contributed by atoms with van der Waals surface area (Å²) < 4.78 is 24.5. The maximum Gasteiger partial charge on any atom is 0.187 e. The Morgan fingerprint density at radius 2 is 2.08 bits per heavy atom. The highest BCUT2D eigenvalue weighted by atomic mass is 32.2. The molecular formula is C8H10O4S. The highest BCUT2D eigenvalue weighted by Gasteiger charge is 2.10. The zero-order valence-electron chi connectivity index (χ0n) is 7.27. The van der Waals surface area contributed by atoms with Crippen LogP contribution in [0.15, 0.2) is 17.0 Å². The van der Waals surface area contributed by atoms with Crippen LogP contribution in [0.2, 0.25) is 0 Å². The van der Waals surface area contributed by atoms with E-state index >= 15 is 0 Å². The molecule has 0 amide bonds. The summed E-state index contributed by atoms with van der Waals surface area (Å²) in [6.07, 6.45) is 0. The molecule has 1 unspecified atom stereocenters. The molecule has 0 aromatic heterocycles. The zero-order chi connectivity index (χ0) is 10.0. The highest BCUT2D eigenvalue weighted by Crippen LogP contribution is 2.28. The molecule has 4 nitrogen and oxygen atoms in total. The number of methoxy groups -OCH3 is 1. The van der Waals surface area contributed by atoms with Gasteiger partial charge in [-0.2, -0.15) is 0 Å². The lowest BCUT2D eigenvalue weighted by atomic mass is 10.2. The van der Waals surface area contributed by atoms with Crippen LogP contribution in [0.4, 0.5) is 0 Å². The topological polar surface area (TPSA) is 66.8 Å². The third-order valence-electron chi connectivity index (χ3n) is 1.73. The van der Waals surface area contributed by atoms with E-state index in [2.05, 4.69) is 0 Å². The number of hydrogen-bond donors (Lipinski definition) is 2. The molecular weight excluding hydrogens is 192 g/mol. The van der Waals surface area contributed by atoms with Gasteiger partial charge in [-0.05, 0) is 13.0 Å². The van der Waals surface area contributed by atoms with Gasteiger partial charge in [-0.15, -0.1) is 0 Å². The van der Waals surface area contributed by atoms with Crippen LogP contribution >= 0.6 is 0 Å². The fourth-order valence-corrected chi connectivity index (χ4v) is 1.53. The van der Waals surface area contributed by atoms with Crippen molar-refractivity contribution in [1.82, 2.24) is 0 Å². The number of rotatable bonds is 2. The lowest BCUT2D eigenvalue weighted by Crippen LogP contribution is -1.94. The molecule has 13 heavy (non-hydrogen) atoms. The van der Waals surface area contributed by atoms with Crippen LogP contribution in [-0.2, 0) is 11.1 Å². The van der Waals surface area contributed by atoms with Crippen molar-refractivity contribution in [3.05, 3.63) is 17.7 Å². The van der Waals surface area contributed by atoms with E-state index in [4.69, 9.17) is 9.29 Å². The van der Waals surface area contributed by atoms with Gasteiger partial charge in [0.1, 0.15) is 11.5 Å². The van der Waals surface area contributed by atoms with Crippen LogP contribution < -0.4 is 4.74 Å². The Bertz CT molecular complexity index is 348. The van der Waals surface area contributed by atoms with E-state index in [9.17, 15) is 9.32 Å². The summed E-state index contributed by atoms with van der Waals surface area (Å²) in [6, 6.07) is 2.82. The third kappa shape index (κ3) is 1.99. The first-order valence-electron chi connectivity index (χ1n) is 3.54. The van der Waals surface area contributed by atoms with Crippen LogP contribution in [0.25, 0.3) is 0 Å². The molecule has 2 N–H and O–H groups in total. The van der Waals surface area contributed by atoms with Crippen molar-refractivity contribution in [1.29, 1.82) is 0 Å². The van der Waals surface area contributed by atoms with Gasteiger partial charge in [-0.3, -0.25) is 0 Å². The van der Waals surface area contributed by atoms with Gasteiger partial charge >= 0.3 is 0 Å². The predicted octanol–water partition coefficient (Wildman–Crippen LogP) is 1.29. The minimum atomic E-state index is -2.10. The molecule has 0 heterocycles. The molecule has 0 aliphatic heterocycles. The van der Waals surface area contributed by atoms with E-state index in [1.165, 1.54) is 19.2 Å². The standard InChI is InChI=1S/C8H10O4S/c1-5-7(9)3-6(12-2)4-8(5)13(10)11/h3-4,9H,1-2H3,(H,10,11). The Morgan fingerprint density at radius 3 is 2.54 bits per heavy atom. The summed E-state index contributed by atoms with van der Waals surface area (Å²) in [5.74, 6) is 0.317. The monoisotopic (exact) mass is 202 g/mol. The molecule has 1 aromatic carbocycles. The maximum absolute atomic E-state index is 10.8. The lowest BCUT2D eigenvalue weighted by Gasteiger charge is -2.06. The Morgan fingerprint density at radius 1 is 1.46 bits per heavy atom. The van der Waals surface area contributed by atoms with Crippen molar-refractivity contribution < 1.29 is 18.6 Å². The van der Waals surface area contributed by atoms with E-state index in [0.717, 1.165) is 0 Å². The second-order valence-corrected chi connectivity index (χ2v) is 3.46. The van der Waals surface area contributed by atoms with Gasteiger partial charge in [-0.1, -0.05) is 0 Å². The first-order valence-corrected chi connectivity index (χ1v) is 4.65. The average molecular weight is 202 g/mol. The zero-order valence-corrected chi connectivity index (χ0v) is 8.09. The van der Waals surface area contributed by atoms with Gasteiger partial charge in [0, 0.05) is 11.6 Å². The molecule has 72 valence electrons. The third-order valence-corrected chi connectivity index (χ3v) is 2.53. The van der Waals surface area contributed by atoms with Gasteiger partial charge < -0.3 is 14.4 Å². The van der Waals surface area contributed by atoms with E-state index in [1.807, 2.05) is 0 Å². The summed E-state index contributed by atoms with van der Waals surface area (Å²) >= 11 is -2.10. The van der Waals surface area contributed by atoms with Gasteiger partial charge in [-0.25, -0.2) is 4.21 Å². The average Bonchev–Trinajstić information content (AvgIpc) is 2.09. The number of phenols is 1. The Labute approximate surface area is 78.4 Å². The number of benzene rings is 1. The van der Waals surface area contributed by atoms with Gasteiger partial charge in [0.2, 0.25) is 0 Å². The van der Waals surface area contributed by atoms with Crippen molar-refractivity contribution in [2.24, 2.45) is 0 Å². The molecule has 0 saturated carbocycles. The van der Waals surface area contributed by atoms with E-state index in [1.54, 1.807) is 6.92 Å². The Balaban J connectivity index is 3.33. The fraction of sp³-hybridized carbons (Fsp3) is 0.250. The number of ether oxygens (including phenoxy) is 1. The van der Waals surface area contributed by atoms with Gasteiger partial charge in [0.05, 0.1) is 12.0 Å². The minimum Gasteiger partial charge on any atom is -0.507 e. The second-order valence-electron chi connectivity index (χ2n) is 2.52. The summed E-state index contributed by atoms with van der Waals surface area (Å²) in [7, 11) is 1.42. The lowest BCUT2D eigenvalue weighted by molar-refractivity contribution is 0.404. The van der Waals surface area contributed by atoms with Gasteiger partial charge in [0.25, 0.3) is 0 Å². The summed E-state index contributed by atoms with van der Waals surface area (Å²) in [5.41, 5.74) is 0.390.